The van der Waals surface area contributed by atoms with Gasteiger partial charge in [0.2, 0.25) is 0 Å². The van der Waals surface area contributed by atoms with Crippen LogP contribution in [0.1, 0.15) is 11.5 Å². The van der Waals surface area contributed by atoms with Gasteiger partial charge in [0.25, 0.3) is 0 Å². The van der Waals surface area contributed by atoms with Crippen molar-refractivity contribution in [2.75, 3.05) is 33.7 Å². The van der Waals surface area contributed by atoms with Gasteiger partial charge in [-0.25, -0.2) is 0 Å². The Hall–Kier alpha value is -4.18. The summed E-state index contributed by atoms with van der Waals surface area (Å²) >= 11 is 0. The van der Waals surface area contributed by atoms with Gasteiger partial charge in [0.15, 0.2) is 0 Å². The van der Waals surface area contributed by atoms with Crippen LogP contribution in [-0.4, -0.2) is 26.4 Å². The van der Waals surface area contributed by atoms with Crippen molar-refractivity contribution in [2.24, 2.45) is 0 Å². The van der Waals surface area contributed by atoms with Gasteiger partial charge in [-0.05, 0) is 47.2 Å². The van der Waals surface area contributed by atoms with E-state index in [9.17, 15) is 0 Å². The van der Waals surface area contributed by atoms with Crippen molar-refractivity contribution in [3.05, 3.63) is 96.6 Å². The second-order valence-corrected chi connectivity index (χ2v) is 10.3. The predicted molar refractivity (Wildman–Crippen MR) is 146 cm³/mol. The van der Waals surface area contributed by atoms with Crippen LogP contribution in [0, 0.1) is 0 Å². The summed E-state index contributed by atoms with van der Waals surface area (Å²) in [5.74, 6) is 0.323. The molecule has 0 saturated carbocycles. The van der Waals surface area contributed by atoms with Gasteiger partial charge in [0.1, 0.15) is 12.3 Å². The predicted octanol–water partition coefficient (Wildman–Crippen LogP) is 6.93. The van der Waals surface area contributed by atoms with E-state index in [1.54, 1.807) is 0 Å². The van der Waals surface area contributed by atoms with Crippen molar-refractivity contribution >= 4 is 55.7 Å². The lowest BCUT2D eigenvalue weighted by Crippen LogP contribution is -2.56. The fourth-order valence-corrected chi connectivity index (χ4v) is 7.61. The molecule has 0 spiro atoms. The lowest BCUT2D eigenvalue weighted by atomic mass is 9.93. The molecule has 2 atom stereocenters. The van der Waals surface area contributed by atoms with Crippen molar-refractivity contribution in [3.63, 3.8) is 0 Å². The Balaban J connectivity index is 1.36. The molecule has 5 aromatic carbocycles. The van der Waals surface area contributed by atoms with E-state index >= 15 is 0 Å². The fraction of sp³-hybridized carbons (Fsp3) is 0.161. The number of fused-ring (bicyclic) bond motifs is 8. The van der Waals surface area contributed by atoms with Gasteiger partial charge in [-0.1, -0.05) is 54.6 Å². The number of hydrogen-bond acceptors (Lipinski definition) is 4. The molecular formula is C31H24N4. The third kappa shape index (κ3) is 1.91. The molecule has 9 rings (SSSR count). The third-order valence-corrected chi connectivity index (χ3v) is 8.88. The topological polar surface area (TPSA) is 13.0 Å². The Morgan fingerprint density at radius 2 is 0.829 bits per heavy atom. The Bertz CT molecular complexity index is 1610. The van der Waals surface area contributed by atoms with E-state index in [0.29, 0.717) is 5.92 Å². The molecule has 0 amide bonds. The van der Waals surface area contributed by atoms with E-state index in [4.69, 9.17) is 0 Å². The maximum absolute atomic E-state index is 2.62. The first kappa shape index (κ1) is 18.2. The van der Waals surface area contributed by atoms with Crippen LogP contribution >= 0.6 is 0 Å². The van der Waals surface area contributed by atoms with Crippen LogP contribution in [0.25, 0.3) is 21.5 Å². The average Bonchev–Trinajstić information content (AvgIpc) is 3.43. The minimum atomic E-state index is 0.216. The van der Waals surface area contributed by atoms with E-state index in [2.05, 4.69) is 125 Å². The molecular weight excluding hydrogens is 428 g/mol. The van der Waals surface area contributed by atoms with Gasteiger partial charge in [-0.15, -0.1) is 0 Å². The highest BCUT2D eigenvalue weighted by molar-refractivity contribution is 6.11. The molecule has 0 radical (unpaired) electrons. The molecule has 0 aromatic heterocycles. The van der Waals surface area contributed by atoms with E-state index in [-0.39, 0.29) is 12.3 Å². The Morgan fingerprint density at radius 1 is 0.457 bits per heavy atom. The Kier molecular flexibility index (Phi) is 3.06. The number of benzene rings is 5. The van der Waals surface area contributed by atoms with Gasteiger partial charge in [-0.3, -0.25) is 0 Å². The monoisotopic (exact) mass is 452 g/mol. The van der Waals surface area contributed by atoms with Crippen molar-refractivity contribution in [1.29, 1.82) is 0 Å². The van der Waals surface area contributed by atoms with Crippen LogP contribution in [0.4, 0.5) is 34.1 Å². The van der Waals surface area contributed by atoms with E-state index in [1.165, 1.54) is 61.2 Å². The largest absolute Gasteiger partial charge is 0.353 e. The lowest BCUT2D eigenvalue weighted by molar-refractivity contribution is 0.468. The van der Waals surface area contributed by atoms with Crippen molar-refractivity contribution < 1.29 is 0 Å². The molecule has 2 unspecified atom stereocenters. The fourth-order valence-electron chi connectivity index (χ4n) is 7.61. The summed E-state index contributed by atoms with van der Waals surface area (Å²) in [5, 5.41) is 5.33. The van der Waals surface area contributed by atoms with Gasteiger partial charge in [0.05, 0.1) is 17.3 Å². The quantitative estimate of drug-likeness (QED) is 0.252. The molecule has 0 bridgehead atoms. The maximum atomic E-state index is 2.62. The summed E-state index contributed by atoms with van der Waals surface area (Å²) < 4.78 is 0. The normalized spacial score (nSPS) is 22.6. The van der Waals surface area contributed by atoms with Crippen LogP contribution < -0.4 is 19.6 Å². The maximum Gasteiger partial charge on any atom is 0.117 e. The molecule has 168 valence electrons. The van der Waals surface area contributed by atoms with Crippen LogP contribution in [0.3, 0.4) is 0 Å². The van der Waals surface area contributed by atoms with Crippen molar-refractivity contribution in [3.8, 4) is 0 Å². The number of hydrogen-bond donors (Lipinski definition) is 0. The summed E-state index contributed by atoms with van der Waals surface area (Å²) in [6.45, 7) is 0. The van der Waals surface area contributed by atoms with Crippen molar-refractivity contribution in [1.82, 2.24) is 0 Å². The molecule has 4 aliphatic rings. The van der Waals surface area contributed by atoms with Gasteiger partial charge >= 0.3 is 0 Å². The number of likely N-dealkylation sites (N-methyl/N-ethyl adjacent to an activating group) is 2. The summed E-state index contributed by atoms with van der Waals surface area (Å²) in [6.07, 6.45) is 0.433. The second kappa shape index (κ2) is 5.89. The smallest absolute Gasteiger partial charge is 0.117 e. The summed E-state index contributed by atoms with van der Waals surface area (Å²) in [7, 11) is 4.57. The highest BCUT2D eigenvalue weighted by atomic mass is 15.5. The van der Waals surface area contributed by atoms with Crippen LogP contribution in [0.15, 0.2) is 91.0 Å². The first-order valence-electron chi connectivity index (χ1n) is 12.4. The minimum absolute atomic E-state index is 0.216. The number of rotatable bonds is 0. The number of anilines is 6. The first-order valence-corrected chi connectivity index (χ1v) is 12.4. The molecule has 5 aromatic rings. The average molecular weight is 453 g/mol. The van der Waals surface area contributed by atoms with Crippen LogP contribution in [0.2, 0.25) is 0 Å². The van der Waals surface area contributed by atoms with Crippen LogP contribution in [-0.2, 0) is 0 Å². The lowest BCUT2D eigenvalue weighted by Gasteiger charge is -2.49. The van der Waals surface area contributed by atoms with Crippen LogP contribution in [0.5, 0.6) is 0 Å². The zero-order valence-electron chi connectivity index (χ0n) is 19.7. The van der Waals surface area contributed by atoms with E-state index < -0.39 is 0 Å². The zero-order valence-corrected chi connectivity index (χ0v) is 19.7. The second-order valence-electron chi connectivity index (χ2n) is 10.3. The molecule has 0 fully saturated rings. The first-order chi connectivity index (χ1) is 17.2. The highest BCUT2D eigenvalue weighted by Crippen LogP contribution is 2.63. The molecule has 0 saturated heterocycles. The Morgan fingerprint density at radius 3 is 1.29 bits per heavy atom. The zero-order chi connectivity index (χ0) is 23.0. The summed E-state index contributed by atoms with van der Waals surface area (Å²) in [4.78, 5) is 10.3. The minimum Gasteiger partial charge on any atom is -0.353 e. The molecule has 0 N–H and O–H groups in total. The summed E-state index contributed by atoms with van der Waals surface area (Å²) in [6, 6.07) is 33.9. The summed E-state index contributed by atoms with van der Waals surface area (Å²) in [5.41, 5.74) is 9.50. The molecule has 4 aliphatic heterocycles. The standard InChI is InChI=1S/C31H24N4/c1-32-20-12-3-8-18-10-5-14-22(26(18)20)34-24-16-7-17-25-28(24)29(30(32)34)31-33(2)21-13-4-9-19-11-6-15-23(27(19)21)35(25)31/h3-17,29-31H,1-2H3. The Labute approximate surface area is 204 Å². The van der Waals surface area contributed by atoms with Gasteiger partial charge in [0, 0.05) is 53.2 Å². The molecule has 4 nitrogen and oxygen atoms in total. The third-order valence-electron chi connectivity index (χ3n) is 8.88. The molecule has 35 heavy (non-hydrogen) atoms. The van der Waals surface area contributed by atoms with Gasteiger partial charge < -0.3 is 19.6 Å². The van der Waals surface area contributed by atoms with E-state index in [0.717, 1.165) is 0 Å². The number of nitrogens with zero attached hydrogens (tertiary/aromatic N) is 4. The highest BCUT2D eigenvalue weighted by Gasteiger charge is 2.57. The SMILES string of the molecule is CN1c2cccc3cccc(c23)N2c3cccc4c3C(C12)C1N(C)c2cccc3cccc(c23)N41. The van der Waals surface area contributed by atoms with E-state index in [1.807, 2.05) is 0 Å². The van der Waals surface area contributed by atoms with Crippen molar-refractivity contribution in [2.45, 2.75) is 18.2 Å². The molecule has 0 aliphatic carbocycles. The molecule has 4 heteroatoms. The van der Waals surface area contributed by atoms with Gasteiger partial charge in [-0.2, -0.15) is 0 Å². The molecule has 4 heterocycles.